The van der Waals surface area contributed by atoms with Crippen molar-refractivity contribution < 1.29 is 13.5 Å². The minimum Gasteiger partial charge on any atom is -0.438 e. The molecule has 2 nitrogen and oxygen atoms in total. The minimum atomic E-state index is -2.73. The van der Waals surface area contributed by atoms with Crippen LogP contribution in [0.1, 0.15) is 23.6 Å². The van der Waals surface area contributed by atoms with E-state index in [1.807, 2.05) is 25.1 Å². The third-order valence-electron chi connectivity index (χ3n) is 2.63. The standard InChI is InChI=1S/C14H17F2NO/c1-5-11-6-7-12(9(2)8-11)10(3)18-14(17-4)13(15)16/h6-8,13H,3,5H2,1-2,4H3. The van der Waals surface area contributed by atoms with Crippen molar-refractivity contribution in [3.8, 4) is 0 Å². The number of alkyl halides is 2. The van der Waals surface area contributed by atoms with E-state index in [9.17, 15) is 8.78 Å². The predicted molar refractivity (Wildman–Crippen MR) is 70.0 cm³/mol. The molecule has 0 saturated carbocycles. The molecule has 0 amide bonds. The summed E-state index contributed by atoms with van der Waals surface area (Å²) in [6.45, 7) is 7.63. The van der Waals surface area contributed by atoms with Crippen LogP contribution in [0.5, 0.6) is 0 Å². The average Bonchev–Trinajstić information content (AvgIpc) is 2.34. The number of aryl methyl sites for hydroxylation is 2. The van der Waals surface area contributed by atoms with Crippen LogP contribution in [-0.4, -0.2) is 19.4 Å². The van der Waals surface area contributed by atoms with Gasteiger partial charge in [-0.05, 0) is 24.5 Å². The summed E-state index contributed by atoms with van der Waals surface area (Å²) in [5, 5.41) is 0. The molecular weight excluding hydrogens is 236 g/mol. The number of rotatable bonds is 4. The van der Waals surface area contributed by atoms with Crippen molar-refractivity contribution in [3.63, 3.8) is 0 Å². The summed E-state index contributed by atoms with van der Waals surface area (Å²) in [7, 11) is 1.27. The smallest absolute Gasteiger partial charge is 0.312 e. The fourth-order valence-corrected chi connectivity index (χ4v) is 1.63. The molecule has 0 bridgehead atoms. The van der Waals surface area contributed by atoms with Crippen molar-refractivity contribution in [2.45, 2.75) is 26.7 Å². The molecule has 1 aromatic rings. The molecule has 0 aliphatic heterocycles. The second-order valence-corrected chi connectivity index (χ2v) is 3.89. The highest BCUT2D eigenvalue weighted by Crippen LogP contribution is 2.21. The molecule has 4 heteroatoms. The Balaban J connectivity index is 2.91. The third-order valence-corrected chi connectivity index (χ3v) is 2.63. The minimum absolute atomic E-state index is 0.191. The van der Waals surface area contributed by atoms with Gasteiger partial charge in [-0.2, -0.15) is 8.78 Å². The summed E-state index contributed by atoms with van der Waals surface area (Å²) >= 11 is 0. The first-order valence-electron chi connectivity index (χ1n) is 5.71. The van der Waals surface area contributed by atoms with Crippen LogP contribution in [0, 0.1) is 6.92 Å². The fourth-order valence-electron chi connectivity index (χ4n) is 1.63. The van der Waals surface area contributed by atoms with Crippen molar-refractivity contribution in [2.24, 2.45) is 4.99 Å². The number of aliphatic imine (C=N–C) groups is 1. The number of ether oxygens (including phenoxy) is 1. The molecule has 0 aliphatic carbocycles. The second kappa shape index (κ2) is 6.28. The first-order valence-corrected chi connectivity index (χ1v) is 5.71. The van der Waals surface area contributed by atoms with Crippen molar-refractivity contribution in [2.75, 3.05) is 7.05 Å². The lowest BCUT2D eigenvalue weighted by Gasteiger charge is -2.13. The summed E-state index contributed by atoms with van der Waals surface area (Å²) in [5.41, 5.74) is 2.85. The third kappa shape index (κ3) is 3.39. The second-order valence-electron chi connectivity index (χ2n) is 3.89. The largest absolute Gasteiger partial charge is 0.438 e. The summed E-state index contributed by atoms with van der Waals surface area (Å²) in [6, 6.07) is 5.76. The van der Waals surface area contributed by atoms with E-state index in [1.54, 1.807) is 0 Å². The van der Waals surface area contributed by atoms with E-state index < -0.39 is 12.3 Å². The summed E-state index contributed by atoms with van der Waals surface area (Å²) in [4.78, 5) is 3.40. The first kappa shape index (κ1) is 14.4. The van der Waals surface area contributed by atoms with E-state index >= 15 is 0 Å². The van der Waals surface area contributed by atoms with Gasteiger partial charge in [-0.3, -0.25) is 4.99 Å². The summed E-state index contributed by atoms with van der Waals surface area (Å²) in [5.74, 6) is -0.421. The van der Waals surface area contributed by atoms with Gasteiger partial charge in [-0.15, -0.1) is 0 Å². The van der Waals surface area contributed by atoms with Gasteiger partial charge in [-0.25, -0.2) is 0 Å². The van der Waals surface area contributed by atoms with Gasteiger partial charge in [-0.1, -0.05) is 31.7 Å². The van der Waals surface area contributed by atoms with Crippen LogP contribution in [0.2, 0.25) is 0 Å². The van der Waals surface area contributed by atoms with Gasteiger partial charge in [0.25, 0.3) is 5.90 Å². The molecule has 0 atom stereocenters. The van der Waals surface area contributed by atoms with E-state index in [1.165, 1.54) is 12.6 Å². The lowest BCUT2D eigenvalue weighted by molar-refractivity contribution is 0.196. The van der Waals surface area contributed by atoms with Gasteiger partial charge >= 0.3 is 6.43 Å². The number of halogens is 2. The Kier molecular flexibility index (Phi) is 5.01. The molecule has 0 aromatic heterocycles. The maximum Gasteiger partial charge on any atom is 0.312 e. The summed E-state index contributed by atoms with van der Waals surface area (Å²) in [6.07, 6.45) is -1.81. The van der Waals surface area contributed by atoms with Crippen molar-refractivity contribution >= 4 is 11.7 Å². The van der Waals surface area contributed by atoms with Gasteiger partial charge in [0.2, 0.25) is 0 Å². The zero-order valence-electron chi connectivity index (χ0n) is 10.8. The molecule has 0 unspecified atom stereocenters. The normalized spacial score (nSPS) is 11.8. The van der Waals surface area contributed by atoms with Crippen LogP contribution < -0.4 is 0 Å². The quantitative estimate of drug-likeness (QED) is 0.454. The Morgan fingerprint density at radius 1 is 1.44 bits per heavy atom. The molecule has 0 radical (unpaired) electrons. The van der Waals surface area contributed by atoms with Crippen molar-refractivity contribution in [1.82, 2.24) is 0 Å². The Morgan fingerprint density at radius 3 is 2.56 bits per heavy atom. The predicted octanol–water partition coefficient (Wildman–Crippen LogP) is 3.84. The lowest BCUT2D eigenvalue weighted by atomic mass is 10.0. The molecule has 0 heterocycles. The van der Waals surface area contributed by atoms with Gasteiger partial charge < -0.3 is 4.74 Å². The van der Waals surface area contributed by atoms with Crippen molar-refractivity contribution in [1.29, 1.82) is 0 Å². The van der Waals surface area contributed by atoms with Crippen LogP contribution in [0.4, 0.5) is 8.78 Å². The number of hydrogen-bond acceptors (Lipinski definition) is 2. The fraction of sp³-hybridized carbons (Fsp3) is 0.357. The molecule has 0 saturated heterocycles. The Hall–Kier alpha value is -1.71. The van der Waals surface area contributed by atoms with E-state index in [0.29, 0.717) is 5.56 Å². The van der Waals surface area contributed by atoms with Gasteiger partial charge in [0.15, 0.2) is 0 Å². The van der Waals surface area contributed by atoms with Crippen LogP contribution in [-0.2, 0) is 11.2 Å². The SMILES string of the molecule is C=C(OC(=NC)C(F)F)c1ccc(CC)cc1C. The molecule has 1 aromatic carbocycles. The highest BCUT2D eigenvalue weighted by molar-refractivity contribution is 5.85. The maximum absolute atomic E-state index is 12.5. The van der Waals surface area contributed by atoms with Crippen molar-refractivity contribution in [3.05, 3.63) is 41.5 Å². The maximum atomic E-state index is 12.5. The average molecular weight is 253 g/mol. The van der Waals surface area contributed by atoms with Gasteiger partial charge in [0, 0.05) is 12.6 Å². The molecular formula is C14H17F2NO. The van der Waals surface area contributed by atoms with Gasteiger partial charge in [0.05, 0.1) is 0 Å². The molecule has 0 fully saturated rings. The zero-order chi connectivity index (χ0) is 13.7. The monoisotopic (exact) mass is 253 g/mol. The first-order chi connectivity index (χ1) is 8.49. The van der Waals surface area contributed by atoms with Crippen LogP contribution in [0.3, 0.4) is 0 Å². The van der Waals surface area contributed by atoms with E-state index in [-0.39, 0.29) is 5.76 Å². The molecule has 1 rings (SSSR count). The number of nitrogens with zero attached hydrogens (tertiary/aromatic N) is 1. The van der Waals surface area contributed by atoms with Crippen LogP contribution >= 0.6 is 0 Å². The Morgan fingerprint density at radius 2 is 2.11 bits per heavy atom. The number of hydrogen-bond donors (Lipinski definition) is 0. The topological polar surface area (TPSA) is 21.6 Å². The van der Waals surface area contributed by atoms with E-state index in [0.717, 1.165) is 12.0 Å². The number of benzene rings is 1. The summed E-state index contributed by atoms with van der Waals surface area (Å²) < 4.78 is 30.0. The van der Waals surface area contributed by atoms with E-state index in [4.69, 9.17) is 4.74 Å². The lowest BCUT2D eigenvalue weighted by Crippen LogP contribution is -2.14. The molecule has 0 spiro atoms. The molecule has 0 aliphatic rings. The van der Waals surface area contributed by atoms with Crippen LogP contribution in [0.25, 0.3) is 5.76 Å². The van der Waals surface area contributed by atoms with Gasteiger partial charge in [0.1, 0.15) is 5.76 Å². The zero-order valence-corrected chi connectivity index (χ0v) is 10.8. The molecule has 0 N–H and O–H groups in total. The Labute approximate surface area is 106 Å². The molecule has 98 valence electrons. The Bertz CT molecular complexity index is 467. The highest BCUT2D eigenvalue weighted by atomic mass is 19.3. The molecule has 18 heavy (non-hydrogen) atoms. The van der Waals surface area contributed by atoms with E-state index in [2.05, 4.69) is 18.5 Å². The van der Waals surface area contributed by atoms with Crippen LogP contribution in [0.15, 0.2) is 29.8 Å². The highest BCUT2D eigenvalue weighted by Gasteiger charge is 2.16.